The molecule has 1 aliphatic heterocycles. The minimum atomic E-state index is -0.256. The largest absolute Gasteiger partial charge is 0.356 e. The van der Waals surface area contributed by atoms with Crippen molar-refractivity contribution in [1.29, 1.82) is 0 Å². The normalized spacial score (nSPS) is 24.0. The third-order valence-electron chi connectivity index (χ3n) is 4.58. The minimum Gasteiger partial charge on any atom is -0.356 e. The van der Waals surface area contributed by atoms with Gasteiger partial charge < -0.3 is 10.2 Å². The van der Waals surface area contributed by atoms with Crippen molar-refractivity contribution < 1.29 is 9.59 Å². The van der Waals surface area contributed by atoms with Crippen LogP contribution in [0.4, 0.5) is 5.69 Å². The van der Waals surface area contributed by atoms with Gasteiger partial charge in [0.05, 0.1) is 11.6 Å². The van der Waals surface area contributed by atoms with Crippen molar-refractivity contribution in [3.05, 3.63) is 40.9 Å². The monoisotopic (exact) mass is 376 g/mol. The van der Waals surface area contributed by atoms with Gasteiger partial charge in [0.25, 0.3) is 0 Å². The van der Waals surface area contributed by atoms with E-state index in [1.807, 2.05) is 24.3 Å². The number of rotatable bonds is 4. The second-order valence-electron chi connectivity index (χ2n) is 6.25. The van der Waals surface area contributed by atoms with Crippen molar-refractivity contribution in [2.24, 2.45) is 11.8 Å². The molecule has 1 aromatic rings. The molecule has 1 aliphatic carbocycles. The van der Waals surface area contributed by atoms with Crippen molar-refractivity contribution in [1.82, 2.24) is 5.32 Å². The molecule has 4 nitrogen and oxygen atoms in total. The maximum absolute atomic E-state index is 12.4. The lowest BCUT2D eigenvalue weighted by Crippen LogP contribution is -2.36. The first-order chi connectivity index (χ1) is 11.1. The molecule has 2 aliphatic rings. The summed E-state index contributed by atoms with van der Waals surface area (Å²) in [5, 5.41) is 3.04. The van der Waals surface area contributed by atoms with Gasteiger partial charge in [-0.3, -0.25) is 9.59 Å². The zero-order valence-corrected chi connectivity index (χ0v) is 14.6. The Morgan fingerprint density at radius 3 is 2.87 bits per heavy atom. The second kappa shape index (κ2) is 7.30. The number of amides is 2. The standard InChI is InChI=1S/C18H21BrN2O2/c19-15-8-4-5-9-16(15)21-12-14(10-17(21)22)18(23)20-11-13-6-2-1-3-7-13/h1-2,4-5,8-9,13-14H,3,6-7,10-12H2,(H,20,23)/t13-,14-/m0/s1. The van der Waals surface area contributed by atoms with Gasteiger partial charge in [-0.2, -0.15) is 0 Å². The predicted molar refractivity (Wildman–Crippen MR) is 94.1 cm³/mol. The number of allylic oxidation sites excluding steroid dienone is 2. The van der Waals surface area contributed by atoms with E-state index in [0.29, 0.717) is 19.0 Å². The summed E-state index contributed by atoms with van der Waals surface area (Å²) in [6, 6.07) is 7.62. The van der Waals surface area contributed by atoms with Gasteiger partial charge >= 0.3 is 0 Å². The molecule has 0 spiro atoms. The number of benzene rings is 1. The Labute approximate surface area is 145 Å². The maximum Gasteiger partial charge on any atom is 0.227 e. The van der Waals surface area contributed by atoms with Gasteiger partial charge in [-0.05, 0) is 53.2 Å². The van der Waals surface area contributed by atoms with Gasteiger partial charge in [0, 0.05) is 24.0 Å². The van der Waals surface area contributed by atoms with E-state index in [2.05, 4.69) is 33.4 Å². The highest BCUT2D eigenvalue weighted by molar-refractivity contribution is 9.10. The molecule has 0 bridgehead atoms. The summed E-state index contributed by atoms with van der Waals surface area (Å²) in [6.07, 6.45) is 7.93. The Kier molecular flexibility index (Phi) is 5.16. The summed E-state index contributed by atoms with van der Waals surface area (Å²) in [5.41, 5.74) is 0.838. The molecule has 0 unspecified atom stereocenters. The highest BCUT2D eigenvalue weighted by Gasteiger charge is 2.35. The van der Waals surface area contributed by atoms with Gasteiger partial charge in [-0.25, -0.2) is 0 Å². The van der Waals surface area contributed by atoms with E-state index in [0.717, 1.165) is 29.4 Å². The van der Waals surface area contributed by atoms with E-state index < -0.39 is 0 Å². The average Bonchev–Trinajstić information content (AvgIpc) is 2.96. The van der Waals surface area contributed by atoms with Crippen LogP contribution >= 0.6 is 15.9 Å². The van der Waals surface area contributed by atoms with Crippen LogP contribution in [0.1, 0.15) is 25.7 Å². The van der Waals surface area contributed by atoms with E-state index in [9.17, 15) is 9.59 Å². The zero-order valence-electron chi connectivity index (χ0n) is 13.0. The van der Waals surface area contributed by atoms with E-state index in [1.165, 1.54) is 0 Å². The number of nitrogens with zero attached hydrogens (tertiary/aromatic N) is 1. The van der Waals surface area contributed by atoms with Gasteiger partial charge in [-0.1, -0.05) is 24.3 Å². The number of halogens is 1. The Hall–Kier alpha value is -1.62. The van der Waals surface area contributed by atoms with Crippen LogP contribution < -0.4 is 10.2 Å². The maximum atomic E-state index is 12.4. The molecule has 122 valence electrons. The lowest BCUT2D eigenvalue weighted by molar-refractivity contribution is -0.126. The quantitative estimate of drug-likeness (QED) is 0.819. The van der Waals surface area contributed by atoms with Crippen LogP contribution in [0.25, 0.3) is 0 Å². The summed E-state index contributed by atoms with van der Waals surface area (Å²) in [5.74, 6) is 0.286. The first-order valence-corrected chi connectivity index (χ1v) is 8.92. The van der Waals surface area contributed by atoms with Crippen LogP contribution in [-0.4, -0.2) is 24.9 Å². The van der Waals surface area contributed by atoms with E-state index in [-0.39, 0.29) is 24.2 Å². The molecule has 1 heterocycles. The summed E-state index contributed by atoms with van der Waals surface area (Å²) in [6.45, 7) is 1.17. The molecular formula is C18H21BrN2O2. The van der Waals surface area contributed by atoms with Crippen LogP contribution in [0.15, 0.2) is 40.9 Å². The van der Waals surface area contributed by atoms with Crippen LogP contribution in [0.2, 0.25) is 0 Å². The number of hydrogen-bond donors (Lipinski definition) is 1. The highest BCUT2D eigenvalue weighted by atomic mass is 79.9. The fourth-order valence-corrected chi connectivity index (χ4v) is 3.72. The van der Waals surface area contributed by atoms with Crippen LogP contribution in [0.5, 0.6) is 0 Å². The van der Waals surface area contributed by atoms with Crippen molar-refractivity contribution in [2.75, 3.05) is 18.0 Å². The molecule has 2 amide bonds. The van der Waals surface area contributed by atoms with Crippen molar-refractivity contribution >= 4 is 33.4 Å². The number of para-hydroxylation sites is 1. The summed E-state index contributed by atoms with van der Waals surface area (Å²) in [7, 11) is 0. The lowest BCUT2D eigenvalue weighted by atomic mass is 9.94. The van der Waals surface area contributed by atoms with Crippen molar-refractivity contribution in [2.45, 2.75) is 25.7 Å². The highest BCUT2D eigenvalue weighted by Crippen LogP contribution is 2.31. The zero-order chi connectivity index (χ0) is 16.2. The molecule has 23 heavy (non-hydrogen) atoms. The lowest BCUT2D eigenvalue weighted by Gasteiger charge is -2.20. The smallest absolute Gasteiger partial charge is 0.227 e. The molecule has 1 fully saturated rings. The molecule has 2 atom stereocenters. The summed E-state index contributed by atoms with van der Waals surface area (Å²) in [4.78, 5) is 26.3. The summed E-state index contributed by atoms with van der Waals surface area (Å²) >= 11 is 3.47. The van der Waals surface area contributed by atoms with Crippen LogP contribution in [0.3, 0.4) is 0 Å². The fraction of sp³-hybridized carbons (Fsp3) is 0.444. The van der Waals surface area contributed by atoms with Crippen LogP contribution in [0, 0.1) is 11.8 Å². The molecule has 1 saturated heterocycles. The number of nitrogens with one attached hydrogen (secondary N) is 1. The summed E-state index contributed by atoms with van der Waals surface area (Å²) < 4.78 is 0.878. The topological polar surface area (TPSA) is 49.4 Å². The first-order valence-electron chi connectivity index (χ1n) is 8.12. The van der Waals surface area contributed by atoms with E-state index in [1.54, 1.807) is 4.90 Å². The van der Waals surface area contributed by atoms with E-state index >= 15 is 0 Å². The molecule has 1 aromatic carbocycles. The predicted octanol–water partition coefficient (Wildman–Crippen LogP) is 3.27. The number of carbonyl (C=O) groups is 2. The number of anilines is 1. The van der Waals surface area contributed by atoms with Gasteiger partial charge in [0.2, 0.25) is 11.8 Å². The molecular weight excluding hydrogens is 356 g/mol. The third kappa shape index (κ3) is 3.83. The van der Waals surface area contributed by atoms with E-state index in [4.69, 9.17) is 0 Å². The number of carbonyl (C=O) groups excluding carboxylic acids is 2. The first kappa shape index (κ1) is 16.2. The Bertz CT molecular complexity index is 629. The van der Waals surface area contributed by atoms with Gasteiger partial charge in [-0.15, -0.1) is 0 Å². The molecule has 0 aromatic heterocycles. The Morgan fingerprint density at radius 1 is 1.30 bits per heavy atom. The molecule has 1 N–H and O–H groups in total. The molecule has 3 rings (SSSR count). The van der Waals surface area contributed by atoms with Gasteiger partial charge in [0.15, 0.2) is 0 Å². The van der Waals surface area contributed by atoms with Crippen molar-refractivity contribution in [3.63, 3.8) is 0 Å². The molecule has 5 heteroatoms. The Balaban J connectivity index is 1.57. The second-order valence-corrected chi connectivity index (χ2v) is 7.11. The van der Waals surface area contributed by atoms with Crippen LogP contribution in [-0.2, 0) is 9.59 Å². The van der Waals surface area contributed by atoms with Gasteiger partial charge in [0.1, 0.15) is 0 Å². The van der Waals surface area contributed by atoms with Crippen molar-refractivity contribution in [3.8, 4) is 0 Å². The molecule has 0 radical (unpaired) electrons. The Morgan fingerprint density at radius 2 is 2.13 bits per heavy atom. The average molecular weight is 377 g/mol. The SMILES string of the molecule is O=C(NC[C@H]1CC=CCC1)[C@H]1CC(=O)N(c2ccccc2Br)C1. The molecule has 0 saturated carbocycles. The third-order valence-corrected chi connectivity index (χ3v) is 5.25. The minimum absolute atomic E-state index is 0.00227. The fourth-order valence-electron chi connectivity index (χ4n) is 3.22. The number of hydrogen-bond acceptors (Lipinski definition) is 2.